The highest BCUT2D eigenvalue weighted by atomic mass is 17.2. The third-order valence-corrected chi connectivity index (χ3v) is 2.84. The monoisotopic (exact) mass is 200 g/mol. The van der Waals surface area contributed by atoms with Crippen molar-refractivity contribution in [3.8, 4) is 0 Å². The predicted molar refractivity (Wildman–Crippen MR) is 58.1 cm³/mol. The van der Waals surface area contributed by atoms with Gasteiger partial charge >= 0.3 is 0 Å². The summed E-state index contributed by atoms with van der Waals surface area (Å²) in [6, 6.07) is 0. The lowest BCUT2D eigenvalue weighted by Gasteiger charge is -2.20. The first kappa shape index (κ1) is 12.0. The van der Waals surface area contributed by atoms with Crippen molar-refractivity contribution < 1.29 is 9.78 Å². The Labute approximate surface area is 87.9 Å². The molecule has 84 valence electrons. The average Bonchev–Trinajstić information content (AvgIpc) is 2.25. The molecule has 2 heteroatoms. The fourth-order valence-electron chi connectivity index (χ4n) is 1.89. The molecule has 1 aliphatic carbocycles. The van der Waals surface area contributed by atoms with Crippen LogP contribution >= 0.6 is 0 Å². The SMILES string of the molecule is CCCCCCOOC1CCCCC1. The van der Waals surface area contributed by atoms with Crippen LogP contribution in [0.5, 0.6) is 0 Å². The summed E-state index contributed by atoms with van der Waals surface area (Å²) in [7, 11) is 0. The summed E-state index contributed by atoms with van der Waals surface area (Å²) in [5.41, 5.74) is 0. The summed E-state index contributed by atoms with van der Waals surface area (Å²) in [6.45, 7) is 3.00. The van der Waals surface area contributed by atoms with Crippen molar-refractivity contribution in [2.45, 2.75) is 70.8 Å². The third kappa shape index (κ3) is 5.61. The molecule has 0 N–H and O–H groups in total. The normalized spacial score (nSPS) is 18.6. The zero-order valence-corrected chi connectivity index (χ0v) is 9.46. The lowest BCUT2D eigenvalue weighted by atomic mass is 9.98. The Kier molecular flexibility index (Phi) is 7.06. The van der Waals surface area contributed by atoms with E-state index in [1.165, 1.54) is 51.4 Å². The minimum Gasteiger partial charge on any atom is -0.236 e. The molecule has 1 fully saturated rings. The van der Waals surface area contributed by atoms with Gasteiger partial charge in [0.2, 0.25) is 0 Å². The van der Waals surface area contributed by atoms with Gasteiger partial charge in [-0.15, -0.1) is 0 Å². The minimum absolute atomic E-state index is 0.384. The minimum atomic E-state index is 0.384. The molecule has 0 spiro atoms. The number of rotatable bonds is 7. The highest BCUT2D eigenvalue weighted by Crippen LogP contribution is 2.20. The summed E-state index contributed by atoms with van der Waals surface area (Å²) in [4.78, 5) is 10.6. The van der Waals surface area contributed by atoms with E-state index in [4.69, 9.17) is 9.78 Å². The van der Waals surface area contributed by atoms with E-state index < -0.39 is 0 Å². The largest absolute Gasteiger partial charge is 0.236 e. The standard InChI is InChI=1S/C12H24O2/c1-2-3-4-8-11-13-14-12-9-6-5-7-10-12/h12H,2-11H2,1H3. The molecule has 1 saturated carbocycles. The van der Waals surface area contributed by atoms with Crippen molar-refractivity contribution in [2.24, 2.45) is 0 Å². The maximum atomic E-state index is 5.36. The van der Waals surface area contributed by atoms with Crippen molar-refractivity contribution in [3.63, 3.8) is 0 Å². The van der Waals surface area contributed by atoms with Crippen LogP contribution in [0.1, 0.15) is 64.7 Å². The second-order valence-corrected chi connectivity index (χ2v) is 4.24. The molecular formula is C12H24O2. The van der Waals surface area contributed by atoms with Crippen LogP contribution in [0.15, 0.2) is 0 Å². The van der Waals surface area contributed by atoms with Gasteiger partial charge in [-0.2, -0.15) is 0 Å². The van der Waals surface area contributed by atoms with E-state index in [0.717, 1.165) is 13.0 Å². The van der Waals surface area contributed by atoms with Crippen molar-refractivity contribution in [3.05, 3.63) is 0 Å². The second kappa shape index (κ2) is 8.25. The van der Waals surface area contributed by atoms with Gasteiger partial charge in [0.25, 0.3) is 0 Å². The van der Waals surface area contributed by atoms with Gasteiger partial charge in [0.05, 0.1) is 12.7 Å². The van der Waals surface area contributed by atoms with Crippen molar-refractivity contribution in [1.82, 2.24) is 0 Å². The van der Waals surface area contributed by atoms with Gasteiger partial charge < -0.3 is 0 Å². The summed E-state index contributed by atoms with van der Waals surface area (Å²) < 4.78 is 0. The molecule has 1 aliphatic rings. The van der Waals surface area contributed by atoms with Crippen molar-refractivity contribution in [2.75, 3.05) is 6.61 Å². The lowest BCUT2D eigenvalue weighted by molar-refractivity contribution is -0.328. The first-order chi connectivity index (χ1) is 6.93. The van der Waals surface area contributed by atoms with Crippen LogP contribution in [0, 0.1) is 0 Å². The lowest BCUT2D eigenvalue weighted by Crippen LogP contribution is -2.17. The Morgan fingerprint density at radius 3 is 2.50 bits per heavy atom. The van der Waals surface area contributed by atoms with Crippen LogP contribution < -0.4 is 0 Å². The summed E-state index contributed by atoms with van der Waals surface area (Å²) in [6.07, 6.45) is 11.8. The Bertz CT molecular complexity index is 119. The molecule has 0 heterocycles. The van der Waals surface area contributed by atoms with E-state index in [1.54, 1.807) is 0 Å². The molecule has 0 radical (unpaired) electrons. The summed E-state index contributed by atoms with van der Waals surface area (Å²) >= 11 is 0. The van der Waals surface area contributed by atoms with E-state index in [2.05, 4.69) is 6.92 Å². The Morgan fingerprint density at radius 2 is 1.79 bits per heavy atom. The predicted octanol–water partition coefficient (Wildman–Crippen LogP) is 3.85. The van der Waals surface area contributed by atoms with Crippen molar-refractivity contribution >= 4 is 0 Å². The van der Waals surface area contributed by atoms with Gasteiger partial charge in [-0.05, 0) is 19.3 Å². The van der Waals surface area contributed by atoms with Gasteiger partial charge in [-0.25, -0.2) is 9.78 Å². The number of hydrogen-bond acceptors (Lipinski definition) is 2. The molecule has 0 amide bonds. The molecule has 0 bridgehead atoms. The molecule has 0 unspecified atom stereocenters. The van der Waals surface area contributed by atoms with Gasteiger partial charge in [0.1, 0.15) is 0 Å². The van der Waals surface area contributed by atoms with Gasteiger partial charge in [-0.3, -0.25) is 0 Å². The summed E-state index contributed by atoms with van der Waals surface area (Å²) in [5, 5.41) is 0. The van der Waals surface area contributed by atoms with Crippen molar-refractivity contribution in [1.29, 1.82) is 0 Å². The fraction of sp³-hybridized carbons (Fsp3) is 1.00. The molecule has 1 rings (SSSR count). The topological polar surface area (TPSA) is 18.5 Å². The molecule has 0 aromatic carbocycles. The quantitative estimate of drug-likeness (QED) is 0.353. The zero-order chi connectivity index (χ0) is 10.1. The molecule has 14 heavy (non-hydrogen) atoms. The highest BCUT2D eigenvalue weighted by molar-refractivity contribution is 4.63. The van der Waals surface area contributed by atoms with Gasteiger partial charge in [0.15, 0.2) is 0 Å². The van der Waals surface area contributed by atoms with E-state index >= 15 is 0 Å². The molecular weight excluding hydrogens is 176 g/mol. The number of hydrogen-bond donors (Lipinski definition) is 0. The molecule has 0 aliphatic heterocycles. The molecule has 0 saturated heterocycles. The average molecular weight is 200 g/mol. The van der Waals surface area contributed by atoms with E-state index in [1.807, 2.05) is 0 Å². The van der Waals surface area contributed by atoms with Crippen LogP contribution in [0.25, 0.3) is 0 Å². The van der Waals surface area contributed by atoms with E-state index in [-0.39, 0.29) is 0 Å². The zero-order valence-electron chi connectivity index (χ0n) is 9.46. The fourth-order valence-corrected chi connectivity index (χ4v) is 1.89. The smallest absolute Gasteiger partial charge is 0.0930 e. The molecule has 0 atom stereocenters. The Morgan fingerprint density at radius 1 is 1.00 bits per heavy atom. The molecule has 0 aromatic heterocycles. The molecule has 0 aromatic rings. The van der Waals surface area contributed by atoms with Crippen LogP contribution in [0.2, 0.25) is 0 Å². The van der Waals surface area contributed by atoms with Gasteiger partial charge in [-0.1, -0.05) is 45.4 Å². The van der Waals surface area contributed by atoms with Gasteiger partial charge in [0, 0.05) is 0 Å². The van der Waals surface area contributed by atoms with Crippen LogP contribution in [0.3, 0.4) is 0 Å². The second-order valence-electron chi connectivity index (χ2n) is 4.24. The maximum absolute atomic E-state index is 5.36. The van der Waals surface area contributed by atoms with E-state index in [9.17, 15) is 0 Å². The van der Waals surface area contributed by atoms with E-state index in [0.29, 0.717) is 6.10 Å². The highest BCUT2D eigenvalue weighted by Gasteiger charge is 2.14. The van der Waals surface area contributed by atoms with Crippen LogP contribution in [-0.4, -0.2) is 12.7 Å². The van der Waals surface area contributed by atoms with Crippen LogP contribution in [0.4, 0.5) is 0 Å². The summed E-state index contributed by atoms with van der Waals surface area (Å²) in [5.74, 6) is 0. The van der Waals surface area contributed by atoms with Crippen LogP contribution in [-0.2, 0) is 9.78 Å². The first-order valence-corrected chi connectivity index (χ1v) is 6.21. The number of unbranched alkanes of at least 4 members (excludes halogenated alkanes) is 3. The molecule has 2 nitrogen and oxygen atoms in total. The first-order valence-electron chi connectivity index (χ1n) is 6.21. The maximum Gasteiger partial charge on any atom is 0.0930 e. The third-order valence-electron chi connectivity index (χ3n) is 2.84. The Balaban J connectivity index is 1.82. The Hall–Kier alpha value is -0.0800.